The van der Waals surface area contributed by atoms with E-state index in [1.165, 1.54) is 6.07 Å². The lowest BCUT2D eigenvalue weighted by Crippen LogP contribution is -2.13. The number of nitrogens with one attached hydrogen (secondary N) is 1. The molecular formula is C18H11BrCl2N4O. The predicted molar refractivity (Wildman–Crippen MR) is 105 cm³/mol. The molecule has 130 valence electrons. The van der Waals surface area contributed by atoms with Crippen LogP contribution in [0, 0.1) is 11.3 Å². The Hall–Kier alpha value is -2.33. The molecule has 0 radical (unpaired) electrons. The minimum absolute atomic E-state index is 0.345. The molecule has 0 saturated carbocycles. The van der Waals surface area contributed by atoms with Gasteiger partial charge in [-0.1, -0.05) is 35.3 Å². The number of halogens is 3. The lowest BCUT2D eigenvalue weighted by Gasteiger charge is -2.04. The van der Waals surface area contributed by atoms with Gasteiger partial charge < -0.3 is 5.32 Å². The van der Waals surface area contributed by atoms with Gasteiger partial charge in [-0.2, -0.15) is 10.4 Å². The van der Waals surface area contributed by atoms with Crippen LogP contribution in [-0.4, -0.2) is 15.7 Å². The molecule has 26 heavy (non-hydrogen) atoms. The van der Waals surface area contributed by atoms with Gasteiger partial charge in [-0.05, 0) is 51.8 Å². The van der Waals surface area contributed by atoms with E-state index < -0.39 is 0 Å². The third-order valence-electron chi connectivity index (χ3n) is 3.53. The number of nitriles is 1. The number of hydrogen-bond acceptors (Lipinski definition) is 3. The Morgan fingerprint density at radius 3 is 2.77 bits per heavy atom. The van der Waals surface area contributed by atoms with Crippen LogP contribution in [0.2, 0.25) is 10.0 Å². The molecule has 0 fully saturated rings. The molecule has 1 amide bonds. The number of hydrogen-bond donors (Lipinski definition) is 1. The number of benzene rings is 2. The van der Waals surface area contributed by atoms with Crippen molar-refractivity contribution in [1.29, 1.82) is 5.26 Å². The second-order valence-electron chi connectivity index (χ2n) is 5.42. The second-order valence-corrected chi connectivity index (χ2v) is 7.09. The van der Waals surface area contributed by atoms with Crippen LogP contribution in [0.1, 0.15) is 21.5 Å². The number of nitrogens with zero attached hydrogens (tertiary/aromatic N) is 3. The summed E-state index contributed by atoms with van der Waals surface area (Å²) in [5.74, 6) is 0.0417. The van der Waals surface area contributed by atoms with E-state index in [2.05, 4.69) is 26.3 Å². The quantitative estimate of drug-likeness (QED) is 0.600. The average Bonchev–Trinajstić information content (AvgIpc) is 2.97. The Morgan fingerprint density at radius 2 is 2.04 bits per heavy atom. The third-order valence-corrected chi connectivity index (χ3v) is 4.85. The first-order valence-electron chi connectivity index (χ1n) is 7.44. The standard InChI is InChI=1S/C18H11BrCl2N4O/c19-14-10-25(9-12-4-5-15(20)16(21)7-12)24-17(14)23-18(26)13-3-1-2-11(6-13)8-22/h1-7,10H,9H2,(H,23,24,26). The molecule has 8 heteroatoms. The monoisotopic (exact) mass is 448 g/mol. The summed E-state index contributed by atoms with van der Waals surface area (Å²) in [4.78, 5) is 12.4. The maximum absolute atomic E-state index is 12.4. The summed E-state index contributed by atoms with van der Waals surface area (Å²) in [6.45, 7) is 0.468. The number of amides is 1. The van der Waals surface area contributed by atoms with Gasteiger partial charge in [0.15, 0.2) is 5.82 Å². The van der Waals surface area contributed by atoms with E-state index in [4.69, 9.17) is 28.5 Å². The highest BCUT2D eigenvalue weighted by atomic mass is 79.9. The average molecular weight is 450 g/mol. The minimum atomic E-state index is -0.345. The van der Waals surface area contributed by atoms with Gasteiger partial charge in [-0.3, -0.25) is 9.48 Å². The summed E-state index contributed by atoms with van der Waals surface area (Å²) < 4.78 is 2.31. The molecule has 5 nitrogen and oxygen atoms in total. The van der Waals surface area contributed by atoms with Crippen LogP contribution in [0.5, 0.6) is 0 Å². The van der Waals surface area contributed by atoms with Crippen molar-refractivity contribution < 1.29 is 4.79 Å². The van der Waals surface area contributed by atoms with E-state index in [-0.39, 0.29) is 5.91 Å². The molecule has 0 aliphatic carbocycles. The summed E-state index contributed by atoms with van der Waals surface area (Å²) in [7, 11) is 0. The Kier molecular flexibility index (Phi) is 5.62. The van der Waals surface area contributed by atoms with Crippen LogP contribution in [0.3, 0.4) is 0 Å². The van der Waals surface area contributed by atoms with Gasteiger partial charge in [0.05, 0.1) is 32.7 Å². The molecular weight excluding hydrogens is 439 g/mol. The molecule has 0 unspecified atom stereocenters. The van der Waals surface area contributed by atoms with E-state index >= 15 is 0 Å². The normalized spacial score (nSPS) is 10.4. The molecule has 1 aromatic heterocycles. The summed E-state index contributed by atoms with van der Waals surface area (Å²) in [5, 5.41) is 17.0. The molecule has 1 N–H and O–H groups in total. The first-order valence-corrected chi connectivity index (χ1v) is 8.99. The highest BCUT2D eigenvalue weighted by Gasteiger charge is 2.13. The topological polar surface area (TPSA) is 70.7 Å². The number of rotatable bonds is 4. The van der Waals surface area contributed by atoms with Gasteiger partial charge in [-0.25, -0.2) is 0 Å². The van der Waals surface area contributed by atoms with Crippen LogP contribution in [-0.2, 0) is 6.54 Å². The van der Waals surface area contributed by atoms with Crippen molar-refractivity contribution in [3.63, 3.8) is 0 Å². The maximum atomic E-state index is 12.4. The highest BCUT2D eigenvalue weighted by Crippen LogP contribution is 2.25. The number of aromatic nitrogens is 2. The molecule has 3 aromatic rings. The molecule has 0 spiro atoms. The fourth-order valence-corrected chi connectivity index (χ4v) is 3.03. The molecule has 0 atom stereocenters. The fraction of sp³-hybridized carbons (Fsp3) is 0.0556. The summed E-state index contributed by atoms with van der Waals surface area (Å²) in [6, 6.07) is 13.8. The van der Waals surface area contributed by atoms with Crippen molar-refractivity contribution in [1.82, 2.24) is 9.78 Å². The summed E-state index contributed by atoms with van der Waals surface area (Å²) in [5.41, 5.74) is 1.73. The number of anilines is 1. The Bertz CT molecular complexity index is 1030. The molecule has 0 bridgehead atoms. The minimum Gasteiger partial charge on any atom is -0.304 e. The molecule has 3 rings (SSSR count). The van der Waals surface area contributed by atoms with Crippen molar-refractivity contribution in [2.24, 2.45) is 0 Å². The van der Waals surface area contributed by atoms with Gasteiger partial charge in [0.25, 0.3) is 5.91 Å². The van der Waals surface area contributed by atoms with Gasteiger partial charge >= 0.3 is 0 Å². The van der Waals surface area contributed by atoms with E-state index in [1.807, 2.05) is 12.1 Å². The Labute approximate surface area is 168 Å². The molecule has 0 aliphatic heterocycles. The zero-order valence-electron chi connectivity index (χ0n) is 13.2. The van der Waals surface area contributed by atoms with E-state index in [0.29, 0.717) is 38.0 Å². The van der Waals surface area contributed by atoms with E-state index in [9.17, 15) is 4.79 Å². The first-order chi connectivity index (χ1) is 12.5. The van der Waals surface area contributed by atoms with Gasteiger partial charge in [0.1, 0.15) is 0 Å². The molecule has 1 heterocycles. The Morgan fingerprint density at radius 1 is 1.23 bits per heavy atom. The number of carbonyl (C=O) groups excluding carboxylic acids is 1. The summed E-state index contributed by atoms with van der Waals surface area (Å²) >= 11 is 15.3. The van der Waals surface area contributed by atoms with Crippen LogP contribution in [0.4, 0.5) is 5.82 Å². The molecule has 2 aromatic carbocycles. The van der Waals surface area contributed by atoms with Crippen molar-refractivity contribution in [2.75, 3.05) is 5.32 Å². The fourth-order valence-electron chi connectivity index (χ4n) is 2.30. The van der Waals surface area contributed by atoms with Crippen molar-refractivity contribution >= 4 is 50.9 Å². The predicted octanol–water partition coefficient (Wildman–Crippen LogP) is 5.12. The van der Waals surface area contributed by atoms with Crippen LogP contribution in [0.15, 0.2) is 53.1 Å². The van der Waals surface area contributed by atoms with Gasteiger partial charge in [-0.15, -0.1) is 0 Å². The third kappa shape index (κ3) is 4.25. The first kappa shape index (κ1) is 18.5. The molecule has 0 aliphatic rings. The van der Waals surface area contributed by atoms with Crippen molar-refractivity contribution in [3.05, 3.63) is 79.9 Å². The van der Waals surface area contributed by atoms with E-state index in [1.54, 1.807) is 41.2 Å². The zero-order chi connectivity index (χ0) is 18.7. The largest absolute Gasteiger partial charge is 0.304 e. The van der Waals surface area contributed by atoms with E-state index in [0.717, 1.165) is 5.56 Å². The summed E-state index contributed by atoms with van der Waals surface area (Å²) in [6.07, 6.45) is 1.75. The van der Waals surface area contributed by atoms with Crippen molar-refractivity contribution in [3.8, 4) is 6.07 Å². The van der Waals surface area contributed by atoms with Crippen molar-refractivity contribution in [2.45, 2.75) is 6.54 Å². The smallest absolute Gasteiger partial charge is 0.256 e. The van der Waals surface area contributed by atoms with Crippen LogP contribution in [0.25, 0.3) is 0 Å². The molecule has 0 saturated heterocycles. The zero-order valence-corrected chi connectivity index (χ0v) is 16.3. The Balaban J connectivity index is 1.76. The number of carbonyl (C=O) groups is 1. The van der Waals surface area contributed by atoms with Crippen LogP contribution >= 0.6 is 39.1 Å². The highest BCUT2D eigenvalue weighted by molar-refractivity contribution is 9.10. The second kappa shape index (κ2) is 7.92. The van der Waals surface area contributed by atoms with Gasteiger partial charge in [0.2, 0.25) is 0 Å². The SMILES string of the molecule is N#Cc1cccc(C(=O)Nc2nn(Cc3ccc(Cl)c(Cl)c3)cc2Br)c1. The van der Waals surface area contributed by atoms with Crippen LogP contribution < -0.4 is 5.32 Å². The maximum Gasteiger partial charge on any atom is 0.256 e. The lowest BCUT2D eigenvalue weighted by atomic mass is 10.1. The lowest BCUT2D eigenvalue weighted by molar-refractivity contribution is 0.102. The van der Waals surface area contributed by atoms with Gasteiger partial charge in [0, 0.05) is 11.8 Å².